The minimum absolute atomic E-state index is 0.478. The summed E-state index contributed by atoms with van der Waals surface area (Å²) in [6.07, 6.45) is 13.4. The van der Waals surface area contributed by atoms with E-state index in [0.29, 0.717) is 11.8 Å². The van der Waals surface area contributed by atoms with Crippen molar-refractivity contribution in [3.05, 3.63) is 197 Å². The van der Waals surface area contributed by atoms with E-state index in [4.69, 9.17) is 0 Å². The molecule has 3 aliphatic rings. The fourth-order valence-corrected chi connectivity index (χ4v) is 10.5. The summed E-state index contributed by atoms with van der Waals surface area (Å²) in [6, 6.07) is 62.6. The van der Waals surface area contributed by atoms with E-state index in [2.05, 4.69) is 169 Å². The lowest BCUT2D eigenvalue weighted by molar-refractivity contribution is 0.443. The number of nitrogens with zero attached hydrogens (tertiary/aromatic N) is 1. The normalized spacial score (nSPS) is 16.9. The molecule has 54 heavy (non-hydrogen) atoms. The highest BCUT2D eigenvalue weighted by Crippen LogP contribution is 2.59. The first-order valence-electron chi connectivity index (χ1n) is 20.6. The van der Waals surface area contributed by atoms with Crippen molar-refractivity contribution in [2.75, 3.05) is 4.90 Å². The molecule has 0 N–H and O–H groups in total. The summed E-state index contributed by atoms with van der Waals surface area (Å²) in [5.41, 5.74) is 14.1. The quantitative estimate of drug-likeness (QED) is 0.160. The molecule has 2 saturated carbocycles. The Bertz CT molecular complexity index is 2280. The van der Waals surface area contributed by atoms with Crippen LogP contribution in [0.25, 0.3) is 21.9 Å². The first-order chi connectivity index (χ1) is 26.8. The van der Waals surface area contributed by atoms with Gasteiger partial charge in [0.25, 0.3) is 0 Å². The first kappa shape index (κ1) is 33.2. The molecule has 2 fully saturated rings. The minimum atomic E-state index is -0.478. The van der Waals surface area contributed by atoms with Gasteiger partial charge in [0.1, 0.15) is 0 Å². The van der Waals surface area contributed by atoms with Gasteiger partial charge in [0.05, 0.1) is 5.41 Å². The Morgan fingerprint density at radius 3 is 1.46 bits per heavy atom. The average Bonchev–Trinajstić information content (AvgIpc) is 3.56. The zero-order chi connectivity index (χ0) is 35.9. The smallest absolute Gasteiger partial charge is 0.0714 e. The number of benzene rings is 7. The van der Waals surface area contributed by atoms with Crippen molar-refractivity contribution in [1.82, 2.24) is 0 Å². The molecule has 0 radical (unpaired) electrons. The Kier molecular flexibility index (Phi) is 8.67. The van der Waals surface area contributed by atoms with E-state index in [9.17, 15) is 0 Å². The maximum Gasteiger partial charge on any atom is 0.0714 e. The van der Waals surface area contributed by atoms with Crippen LogP contribution in [0.3, 0.4) is 0 Å². The largest absolute Gasteiger partial charge is 0.310 e. The van der Waals surface area contributed by atoms with Gasteiger partial charge in [-0.3, -0.25) is 0 Å². The highest BCUT2D eigenvalue weighted by atomic mass is 15.1. The monoisotopic (exact) mass is 699 g/mol. The van der Waals surface area contributed by atoms with Gasteiger partial charge in [-0.15, -0.1) is 0 Å². The van der Waals surface area contributed by atoms with Crippen molar-refractivity contribution in [2.45, 2.75) is 81.5 Å². The number of rotatable bonds is 7. The summed E-state index contributed by atoms with van der Waals surface area (Å²) >= 11 is 0. The molecule has 0 heterocycles. The van der Waals surface area contributed by atoms with Crippen molar-refractivity contribution >= 4 is 27.8 Å². The summed E-state index contributed by atoms with van der Waals surface area (Å²) in [7, 11) is 0. The lowest BCUT2D eigenvalue weighted by Gasteiger charge is -2.35. The molecule has 0 aliphatic heterocycles. The van der Waals surface area contributed by atoms with Crippen LogP contribution < -0.4 is 4.90 Å². The van der Waals surface area contributed by atoms with Crippen LogP contribution in [0.1, 0.15) is 109 Å². The molecular weight excluding hydrogens is 651 g/mol. The molecule has 0 spiro atoms. The second-order valence-electron chi connectivity index (χ2n) is 16.1. The van der Waals surface area contributed by atoms with Gasteiger partial charge in [0.15, 0.2) is 0 Å². The molecule has 7 aromatic carbocycles. The van der Waals surface area contributed by atoms with E-state index in [1.165, 1.54) is 137 Å². The van der Waals surface area contributed by atoms with Crippen molar-refractivity contribution in [1.29, 1.82) is 0 Å². The van der Waals surface area contributed by atoms with E-state index in [1.54, 1.807) is 0 Å². The van der Waals surface area contributed by atoms with Crippen LogP contribution in [-0.4, -0.2) is 0 Å². The molecule has 0 saturated heterocycles. The highest BCUT2D eigenvalue weighted by molar-refractivity contribution is 6.04. The molecule has 7 aromatic rings. The maximum atomic E-state index is 2.52. The third-order valence-corrected chi connectivity index (χ3v) is 13.1. The second-order valence-corrected chi connectivity index (χ2v) is 16.1. The Hall–Kier alpha value is -5.40. The third kappa shape index (κ3) is 5.60. The van der Waals surface area contributed by atoms with Crippen LogP contribution in [0, 0.1) is 0 Å². The van der Waals surface area contributed by atoms with Crippen molar-refractivity contribution < 1.29 is 0 Å². The van der Waals surface area contributed by atoms with Gasteiger partial charge < -0.3 is 4.90 Å². The standard InChI is InChI=1S/C53H49N/c1-5-15-38(16-6-1)40-25-30-45(31-26-40)54(46-32-27-41(28-33-46)39-17-7-2-8-18-39)47-34-35-49-51(37-47)53(43-20-9-3-10-21-43,44-22-11-4-12-23-44)50-36-29-42-19-13-14-24-48(42)52(49)50/h3-4,9-14,19-39H,1-2,5-8,15-18H2. The van der Waals surface area contributed by atoms with Gasteiger partial charge in [0.2, 0.25) is 0 Å². The third-order valence-electron chi connectivity index (χ3n) is 13.1. The van der Waals surface area contributed by atoms with Crippen molar-refractivity contribution in [2.24, 2.45) is 0 Å². The molecule has 0 atom stereocenters. The van der Waals surface area contributed by atoms with E-state index in [1.807, 2.05) is 0 Å². The van der Waals surface area contributed by atoms with Crippen LogP contribution in [0.5, 0.6) is 0 Å². The predicted octanol–water partition coefficient (Wildman–Crippen LogP) is 14.8. The Morgan fingerprint density at radius 2 is 0.907 bits per heavy atom. The molecule has 0 unspecified atom stereocenters. The van der Waals surface area contributed by atoms with E-state index in [-0.39, 0.29) is 0 Å². The first-order valence-corrected chi connectivity index (χ1v) is 20.6. The highest BCUT2D eigenvalue weighted by Gasteiger charge is 2.47. The van der Waals surface area contributed by atoms with Gasteiger partial charge in [-0.1, -0.05) is 166 Å². The summed E-state index contributed by atoms with van der Waals surface area (Å²) in [6.45, 7) is 0. The van der Waals surface area contributed by atoms with Crippen LogP contribution in [0.2, 0.25) is 0 Å². The zero-order valence-corrected chi connectivity index (χ0v) is 31.3. The molecule has 0 bridgehead atoms. The lowest BCUT2D eigenvalue weighted by Crippen LogP contribution is -2.28. The summed E-state index contributed by atoms with van der Waals surface area (Å²) in [4.78, 5) is 2.51. The number of hydrogen-bond donors (Lipinski definition) is 0. The van der Waals surface area contributed by atoms with Crippen LogP contribution in [0.4, 0.5) is 17.1 Å². The van der Waals surface area contributed by atoms with Crippen molar-refractivity contribution in [3.8, 4) is 11.1 Å². The van der Waals surface area contributed by atoms with Gasteiger partial charge in [-0.25, -0.2) is 0 Å². The second kappa shape index (κ2) is 14.1. The Labute approximate surface area is 321 Å². The SMILES string of the molecule is c1ccc(C2(c3ccccc3)c3cc(N(c4ccc(C5CCCCC5)cc4)c4ccc(C5CCCCC5)cc4)ccc3-c3c2ccc2ccccc32)cc1. The van der Waals surface area contributed by atoms with Gasteiger partial charge in [0, 0.05) is 17.1 Å². The zero-order valence-electron chi connectivity index (χ0n) is 31.3. The average molecular weight is 700 g/mol. The van der Waals surface area contributed by atoms with Crippen LogP contribution >= 0.6 is 0 Å². The molecular formula is C53H49N. The maximum absolute atomic E-state index is 2.52. The van der Waals surface area contributed by atoms with Crippen LogP contribution in [0.15, 0.2) is 164 Å². The van der Waals surface area contributed by atoms with E-state index < -0.39 is 5.41 Å². The summed E-state index contributed by atoms with van der Waals surface area (Å²) in [5.74, 6) is 1.36. The lowest BCUT2D eigenvalue weighted by atomic mass is 9.67. The molecule has 1 nitrogen and oxygen atoms in total. The van der Waals surface area contributed by atoms with Gasteiger partial charge in [-0.2, -0.15) is 0 Å². The van der Waals surface area contributed by atoms with E-state index >= 15 is 0 Å². The van der Waals surface area contributed by atoms with E-state index in [0.717, 1.165) is 0 Å². The fraction of sp³-hybridized carbons (Fsp3) is 0.245. The molecule has 0 aromatic heterocycles. The molecule has 3 aliphatic carbocycles. The fourth-order valence-electron chi connectivity index (χ4n) is 10.5. The number of anilines is 3. The molecule has 10 rings (SSSR count). The van der Waals surface area contributed by atoms with Crippen molar-refractivity contribution in [3.63, 3.8) is 0 Å². The molecule has 0 amide bonds. The molecule has 1 heteroatoms. The Balaban J connectivity index is 1.19. The summed E-state index contributed by atoms with van der Waals surface area (Å²) < 4.78 is 0. The predicted molar refractivity (Wildman–Crippen MR) is 228 cm³/mol. The minimum Gasteiger partial charge on any atom is -0.310 e. The van der Waals surface area contributed by atoms with Crippen LogP contribution in [-0.2, 0) is 5.41 Å². The van der Waals surface area contributed by atoms with Gasteiger partial charge >= 0.3 is 0 Å². The molecule has 266 valence electrons. The topological polar surface area (TPSA) is 3.24 Å². The summed E-state index contributed by atoms with van der Waals surface area (Å²) in [5, 5.41) is 2.59. The number of fused-ring (bicyclic) bond motifs is 5. The van der Waals surface area contributed by atoms with Gasteiger partial charge in [-0.05, 0) is 129 Å². The Morgan fingerprint density at radius 1 is 0.407 bits per heavy atom. The number of hydrogen-bond acceptors (Lipinski definition) is 1.